The van der Waals surface area contributed by atoms with Gasteiger partial charge in [0.2, 0.25) is 0 Å². The van der Waals surface area contributed by atoms with Crippen LogP contribution in [0.25, 0.3) is 0 Å². The molecular weight excluding hydrogens is 378 g/mol. The van der Waals surface area contributed by atoms with Crippen molar-refractivity contribution in [3.8, 4) is 0 Å². The summed E-state index contributed by atoms with van der Waals surface area (Å²) >= 11 is 0. The number of hydrogen-bond donors (Lipinski definition) is 1. The Labute approximate surface area is 173 Å². The second kappa shape index (κ2) is 11.4. The van der Waals surface area contributed by atoms with Gasteiger partial charge in [0.05, 0.1) is 19.5 Å². The molecule has 9 heteroatoms. The molecule has 0 aromatic heterocycles. The summed E-state index contributed by atoms with van der Waals surface area (Å²) < 4.78 is 15.4. The van der Waals surface area contributed by atoms with E-state index in [-0.39, 0.29) is 6.42 Å². The SMILES string of the molecule is COC(=O)[C@H](CC/C=C\CN=C(C)N)N(C(=O)OC(C)(C)C)C(=O)OC(C)(C)C. The van der Waals surface area contributed by atoms with E-state index in [0.717, 1.165) is 0 Å². The molecule has 0 saturated heterocycles. The second-order valence-electron chi connectivity index (χ2n) is 8.40. The molecule has 2 amide bonds. The Morgan fingerprint density at radius 2 is 1.48 bits per heavy atom. The summed E-state index contributed by atoms with van der Waals surface area (Å²) in [6.07, 6.45) is 2.12. The van der Waals surface area contributed by atoms with Crippen molar-refractivity contribution in [2.45, 2.75) is 78.6 Å². The molecule has 0 aliphatic heterocycles. The monoisotopic (exact) mass is 413 g/mol. The Bertz CT molecular complexity index is 597. The number of carbonyl (C=O) groups is 3. The molecular formula is C20H35N3O6. The molecule has 0 radical (unpaired) electrons. The van der Waals surface area contributed by atoms with Crippen LogP contribution in [-0.2, 0) is 19.0 Å². The van der Waals surface area contributed by atoms with Gasteiger partial charge in [-0.2, -0.15) is 4.90 Å². The number of nitrogens with zero attached hydrogens (tertiary/aromatic N) is 2. The molecule has 0 fully saturated rings. The number of esters is 1. The van der Waals surface area contributed by atoms with Crippen molar-refractivity contribution >= 4 is 24.0 Å². The summed E-state index contributed by atoms with van der Waals surface area (Å²) in [6, 6.07) is -1.20. The summed E-state index contributed by atoms with van der Waals surface area (Å²) in [5.41, 5.74) is 3.74. The molecule has 29 heavy (non-hydrogen) atoms. The molecule has 0 heterocycles. The van der Waals surface area contributed by atoms with Crippen LogP contribution >= 0.6 is 0 Å². The quantitative estimate of drug-likeness (QED) is 0.223. The highest BCUT2D eigenvalue weighted by Gasteiger charge is 2.40. The van der Waals surface area contributed by atoms with Gasteiger partial charge >= 0.3 is 18.2 Å². The molecule has 0 unspecified atom stereocenters. The summed E-state index contributed by atoms with van der Waals surface area (Å²) in [5.74, 6) is -0.283. The number of rotatable bonds is 7. The number of hydrogen-bond acceptors (Lipinski definition) is 7. The van der Waals surface area contributed by atoms with E-state index in [1.54, 1.807) is 60.6 Å². The van der Waals surface area contributed by atoms with Gasteiger partial charge in [-0.1, -0.05) is 12.2 Å². The Hall–Kier alpha value is -2.58. The Morgan fingerprint density at radius 1 is 1.00 bits per heavy atom. The maximum atomic E-state index is 12.7. The van der Waals surface area contributed by atoms with E-state index in [9.17, 15) is 14.4 Å². The highest BCUT2D eigenvalue weighted by molar-refractivity contribution is 5.94. The molecule has 0 saturated carbocycles. The minimum atomic E-state index is -1.20. The first-order chi connectivity index (χ1) is 13.2. The van der Waals surface area contributed by atoms with Crippen LogP contribution in [0.5, 0.6) is 0 Å². The molecule has 0 aliphatic carbocycles. The van der Waals surface area contributed by atoms with Gasteiger partial charge in [-0.25, -0.2) is 14.4 Å². The van der Waals surface area contributed by atoms with E-state index in [0.29, 0.717) is 23.7 Å². The standard InChI is InChI=1S/C20H35N3O6/c1-14(21)22-13-11-9-10-12-15(16(24)27-8)23(17(25)28-19(2,3)4)18(26)29-20(5,6)7/h9,11,15H,10,12-13H2,1-8H3,(H2,21,22)/b11-9-/t15-/m0/s1. The number of amidine groups is 1. The molecule has 0 aliphatic rings. The van der Waals surface area contributed by atoms with Gasteiger partial charge in [-0.3, -0.25) is 4.99 Å². The lowest BCUT2D eigenvalue weighted by Crippen LogP contribution is -2.52. The molecule has 0 aromatic carbocycles. The first kappa shape index (κ1) is 26.4. The molecule has 1 atom stereocenters. The van der Waals surface area contributed by atoms with Crippen LogP contribution in [0.4, 0.5) is 9.59 Å². The maximum absolute atomic E-state index is 12.7. The molecule has 166 valence electrons. The van der Waals surface area contributed by atoms with Gasteiger partial charge in [0.15, 0.2) is 0 Å². The third kappa shape index (κ3) is 11.8. The third-order valence-corrected chi connectivity index (χ3v) is 3.18. The van der Waals surface area contributed by atoms with Crippen molar-refractivity contribution in [1.29, 1.82) is 0 Å². The van der Waals surface area contributed by atoms with Crippen LogP contribution in [-0.4, -0.2) is 59.8 Å². The average molecular weight is 414 g/mol. The number of aliphatic imine (C=N–C) groups is 1. The van der Waals surface area contributed by atoms with Crippen molar-refractivity contribution in [2.75, 3.05) is 13.7 Å². The van der Waals surface area contributed by atoms with Crippen molar-refractivity contribution < 1.29 is 28.6 Å². The third-order valence-electron chi connectivity index (χ3n) is 3.18. The Kier molecular flexibility index (Phi) is 10.4. The fourth-order valence-electron chi connectivity index (χ4n) is 2.08. The predicted molar refractivity (Wildman–Crippen MR) is 111 cm³/mol. The topological polar surface area (TPSA) is 121 Å². The average Bonchev–Trinajstić information content (AvgIpc) is 2.52. The second-order valence-corrected chi connectivity index (χ2v) is 8.40. The van der Waals surface area contributed by atoms with Crippen molar-refractivity contribution in [2.24, 2.45) is 10.7 Å². The number of amides is 2. The number of methoxy groups -OCH3 is 1. The first-order valence-corrected chi connectivity index (χ1v) is 9.42. The Morgan fingerprint density at radius 3 is 1.86 bits per heavy atom. The van der Waals surface area contributed by atoms with Crippen molar-refractivity contribution in [3.63, 3.8) is 0 Å². The summed E-state index contributed by atoms with van der Waals surface area (Å²) in [4.78, 5) is 42.5. The molecule has 9 nitrogen and oxygen atoms in total. The number of nitrogens with two attached hydrogens (primary N) is 1. The molecule has 0 spiro atoms. The first-order valence-electron chi connectivity index (χ1n) is 9.42. The van der Waals surface area contributed by atoms with Crippen LogP contribution in [0.2, 0.25) is 0 Å². The summed E-state index contributed by atoms with van der Waals surface area (Å²) in [7, 11) is 1.19. The lowest BCUT2D eigenvalue weighted by Gasteiger charge is -2.32. The van der Waals surface area contributed by atoms with Gasteiger partial charge in [0, 0.05) is 0 Å². The van der Waals surface area contributed by atoms with Crippen molar-refractivity contribution in [3.05, 3.63) is 12.2 Å². The molecule has 0 aromatic rings. The van der Waals surface area contributed by atoms with Gasteiger partial charge in [0.25, 0.3) is 0 Å². The fraction of sp³-hybridized carbons (Fsp3) is 0.700. The summed E-state index contributed by atoms with van der Waals surface area (Å²) in [6.45, 7) is 12.0. The van der Waals surface area contributed by atoms with E-state index in [2.05, 4.69) is 4.99 Å². The largest absolute Gasteiger partial charge is 0.467 e. The number of carbonyl (C=O) groups excluding carboxylic acids is 3. The van der Waals surface area contributed by atoms with E-state index >= 15 is 0 Å². The Balaban J connectivity index is 5.60. The maximum Gasteiger partial charge on any atom is 0.420 e. The predicted octanol–water partition coefficient (Wildman–Crippen LogP) is 3.41. The van der Waals surface area contributed by atoms with E-state index in [1.165, 1.54) is 7.11 Å². The van der Waals surface area contributed by atoms with E-state index < -0.39 is 35.4 Å². The van der Waals surface area contributed by atoms with Crippen LogP contribution in [0, 0.1) is 0 Å². The number of ether oxygens (including phenoxy) is 3. The van der Waals surface area contributed by atoms with Gasteiger partial charge < -0.3 is 19.9 Å². The zero-order valence-electron chi connectivity index (χ0n) is 18.8. The smallest absolute Gasteiger partial charge is 0.420 e. The zero-order chi connectivity index (χ0) is 22.8. The van der Waals surface area contributed by atoms with E-state index in [4.69, 9.17) is 19.9 Å². The molecule has 0 rings (SSSR count). The highest BCUT2D eigenvalue weighted by atomic mass is 16.6. The molecule has 0 bridgehead atoms. The number of imide groups is 1. The molecule has 2 N–H and O–H groups in total. The zero-order valence-corrected chi connectivity index (χ0v) is 18.8. The fourth-order valence-corrected chi connectivity index (χ4v) is 2.08. The van der Waals surface area contributed by atoms with Crippen LogP contribution in [0.15, 0.2) is 17.1 Å². The minimum Gasteiger partial charge on any atom is -0.467 e. The minimum absolute atomic E-state index is 0.132. The lowest BCUT2D eigenvalue weighted by atomic mass is 10.1. The van der Waals surface area contributed by atoms with Crippen LogP contribution in [0.3, 0.4) is 0 Å². The number of allylic oxidation sites excluding steroid dienone is 1. The van der Waals surface area contributed by atoms with Crippen LogP contribution in [0.1, 0.15) is 61.3 Å². The van der Waals surface area contributed by atoms with Crippen LogP contribution < -0.4 is 5.73 Å². The lowest BCUT2D eigenvalue weighted by molar-refractivity contribution is -0.146. The van der Waals surface area contributed by atoms with E-state index in [1.807, 2.05) is 0 Å². The summed E-state index contributed by atoms with van der Waals surface area (Å²) in [5, 5.41) is 0. The normalized spacial score (nSPS) is 13.7. The van der Waals surface area contributed by atoms with Gasteiger partial charge in [-0.05, 0) is 61.3 Å². The van der Waals surface area contributed by atoms with Gasteiger partial charge in [0.1, 0.15) is 17.2 Å². The highest BCUT2D eigenvalue weighted by Crippen LogP contribution is 2.20. The van der Waals surface area contributed by atoms with Crippen molar-refractivity contribution in [1.82, 2.24) is 4.90 Å². The van der Waals surface area contributed by atoms with Gasteiger partial charge in [-0.15, -0.1) is 0 Å².